The number of hydrogen-bond acceptors (Lipinski definition) is 6. The molecule has 1 aromatic heterocycles. The number of nitrogens with zero attached hydrogens (tertiary/aromatic N) is 2. The van der Waals surface area contributed by atoms with Gasteiger partial charge in [0.15, 0.2) is 0 Å². The molecule has 148 valence electrons. The molecule has 1 amide bonds. The van der Waals surface area contributed by atoms with Crippen molar-refractivity contribution < 1.29 is 13.2 Å². The zero-order valence-electron chi connectivity index (χ0n) is 15.9. The van der Waals surface area contributed by atoms with Crippen LogP contribution >= 0.6 is 11.3 Å². The number of anilines is 1. The van der Waals surface area contributed by atoms with Crippen LogP contribution in [0.25, 0.3) is 0 Å². The highest BCUT2D eigenvalue weighted by Gasteiger charge is 2.22. The van der Waals surface area contributed by atoms with Crippen molar-refractivity contribution in [1.82, 2.24) is 14.9 Å². The molecule has 2 rings (SSSR count). The Morgan fingerprint density at radius 3 is 2.70 bits per heavy atom. The van der Waals surface area contributed by atoms with E-state index in [1.165, 1.54) is 0 Å². The number of aromatic nitrogens is 2. The van der Waals surface area contributed by atoms with Crippen molar-refractivity contribution in [3.8, 4) is 0 Å². The third kappa shape index (κ3) is 6.37. The normalized spacial score (nSPS) is 12.7. The third-order valence-electron chi connectivity index (χ3n) is 4.24. The second-order valence-corrected chi connectivity index (χ2v) is 9.38. The van der Waals surface area contributed by atoms with E-state index in [4.69, 9.17) is 0 Å². The van der Waals surface area contributed by atoms with Crippen LogP contribution in [0.3, 0.4) is 0 Å². The summed E-state index contributed by atoms with van der Waals surface area (Å²) in [6, 6.07) is 7.11. The van der Waals surface area contributed by atoms with Crippen LogP contribution in [0, 0.1) is 12.8 Å². The largest absolute Gasteiger partial charge is 0.296 e. The minimum atomic E-state index is -3.73. The van der Waals surface area contributed by atoms with Gasteiger partial charge in [0.1, 0.15) is 0 Å². The van der Waals surface area contributed by atoms with Crippen molar-refractivity contribution in [3.05, 3.63) is 35.4 Å². The van der Waals surface area contributed by atoms with Crippen molar-refractivity contribution in [3.63, 3.8) is 0 Å². The summed E-state index contributed by atoms with van der Waals surface area (Å²) in [6.45, 7) is 6.44. The topological polar surface area (TPSA) is 101 Å². The predicted octanol–water partition coefficient (Wildman–Crippen LogP) is 3.59. The number of amides is 1. The quantitative estimate of drug-likeness (QED) is 0.583. The highest BCUT2D eigenvalue weighted by Crippen LogP contribution is 2.21. The summed E-state index contributed by atoms with van der Waals surface area (Å²) in [6.07, 6.45) is 4.07. The maximum atomic E-state index is 12.4. The second kappa shape index (κ2) is 9.91. The average molecular weight is 411 g/mol. The van der Waals surface area contributed by atoms with E-state index in [-0.39, 0.29) is 15.4 Å². The number of aryl methyl sites for hydroxylation is 1. The van der Waals surface area contributed by atoms with Gasteiger partial charge in [0.25, 0.3) is 15.9 Å². The molecule has 0 spiro atoms. The second-order valence-electron chi connectivity index (χ2n) is 6.47. The van der Waals surface area contributed by atoms with Crippen LogP contribution in [0.1, 0.15) is 55.5 Å². The first-order valence-electron chi connectivity index (χ1n) is 9.07. The van der Waals surface area contributed by atoms with Crippen LogP contribution in [-0.4, -0.2) is 31.1 Å². The summed E-state index contributed by atoms with van der Waals surface area (Å²) in [7, 11) is -3.73. The lowest BCUT2D eigenvalue weighted by Crippen LogP contribution is -2.29. The van der Waals surface area contributed by atoms with Gasteiger partial charge in [-0.05, 0) is 31.4 Å². The summed E-state index contributed by atoms with van der Waals surface area (Å²) >= 11 is 0.840. The Morgan fingerprint density at radius 2 is 2.04 bits per heavy atom. The molecule has 7 nitrogen and oxygen atoms in total. The minimum Gasteiger partial charge on any atom is -0.296 e. The first-order valence-corrected chi connectivity index (χ1v) is 11.4. The Bertz CT molecular complexity index is 865. The SMILES string of the molecule is CCCCC(CC)CNS(=O)(=O)c1nnc(NC(=O)c2cccc(C)c2)s1. The molecule has 1 unspecified atom stereocenters. The average Bonchev–Trinajstić information content (AvgIpc) is 3.11. The van der Waals surface area contributed by atoms with Gasteiger partial charge in [0.2, 0.25) is 9.47 Å². The molecule has 0 aliphatic heterocycles. The van der Waals surface area contributed by atoms with Gasteiger partial charge < -0.3 is 0 Å². The molecule has 0 bridgehead atoms. The van der Waals surface area contributed by atoms with E-state index in [1.54, 1.807) is 18.2 Å². The fourth-order valence-electron chi connectivity index (χ4n) is 2.56. The van der Waals surface area contributed by atoms with Gasteiger partial charge in [-0.1, -0.05) is 62.1 Å². The van der Waals surface area contributed by atoms with E-state index in [1.807, 2.05) is 13.0 Å². The van der Waals surface area contributed by atoms with Crippen LogP contribution in [-0.2, 0) is 10.0 Å². The summed E-state index contributed by atoms with van der Waals surface area (Å²) < 4.78 is 27.3. The Morgan fingerprint density at radius 1 is 1.26 bits per heavy atom. The number of carbonyl (C=O) groups is 1. The van der Waals surface area contributed by atoms with E-state index in [0.717, 1.165) is 42.6 Å². The van der Waals surface area contributed by atoms with Crippen molar-refractivity contribution in [2.45, 2.75) is 50.8 Å². The molecule has 27 heavy (non-hydrogen) atoms. The summed E-state index contributed by atoms with van der Waals surface area (Å²) in [5, 5.41) is 10.3. The lowest BCUT2D eigenvalue weighted by Gasteiger charge is -2.14. The Labute approximate surface area is 164 Å². The highest BCUT2D eigenvalue weighted by atomic mass is 32.2. The molecule has 0 fully saturated rings. The molecule has 0 aliphatic rings. The van der Waals surface area contributed by atoms with Gasteiger partial charge in [-0.15, -0.1) is 10.2 Å². The van der Waals surface area contributed by atoms with E-state index >= 15 is 0 Å². The van der Waals surface area contributed by atoms with E-state index in [2.05, 4.69) is 34.1 Å². The van der Waals surface area contributed by atoms with Gasteiger partial charge in [0.05, 0.1) is 0 Å². The molecule has 2 N–H and O–H groups in total. The number of rotatable bonds is 10. The fraction of sp³-hybridized carbons (Fsp3) is 0.500. The first kappa shape index (κ1) is 21.5. The van der Waals surface area contributed by atoms with Gasteiger partial charge in [-0.25, -0.2) is 13.1 Å². The number of unbranched alkanes of at least 4 members (excludes halogenated alkanes) is 1. The van der Waals surface area contributed by atoms with Gasteiger partial charge in [0, 0.05) is 12.1 Å². The Kier molecular flexibility index (Phi) is 7.88. The Hall–Kier alpha value is -1.84. The van der Waals surface area contributed by atoms with Gasteiger partial charge >= 0.3 is 0 Å². The van der Waals surface area contributed by atoms with E-state index in [0.29, 0.717) is 18.0 Å². The van der Waals surface area contributed by atoms with Crippen LogP contribution in [0.4, 0.5) is 5.13 Å². The lowest BCUT2D eigenvalue weighted by molar-refractivity contribution is 0.102. The Balaban J connectivity index is 1.99. The number of sulfonamides is 1. The highest BCUT2D eigenvalue weighted by molar-refractivity contribution is 7.91. The van der Waals surface area contributed by atoms with E-state index in [9.17, 15) is 13.2 Å². The molecule has 9 heteroatoms. The molecule has 1 heterocycles. The molecule has 0 aliphatic carbocycles. The molecular weight excluding hydrogens is 384 g/mol. The summed E-state index contributed by atoms with van der Waals surface area (Å²) in [4.78, 5) is 12.2. The molecular formula is C18H26N4O3S2. The molecule has 1 atom stereocenters. The maximum absolute atomic E-state index is 12.4. The summed E-state index contributed by atoms with van der Waals surface area (Å²) in [5.74, 6) is -0.0505. The molecule has 2 aromatic rings. The monoisotopic (exact) mass is 410 g/mol. The fourth-order valence-corrected chi connectivity index (χ4v) is 4.61. The van der Waals surface area contributed by atoms with Gasteiger partial charge in [-0.2, -0.15) is 0 Å². The number of benzene rings is 1. The molecule has 0 saturated heterocycles. The van der Waals surface area contributed by atoms with E-state index < -0.39 is 10.0 Å². The lowest BCUT2D eigenvalue weighted by atomic mass is 10.00. The zero-order valence-corrected chi connectivity index (χ0v) is 17.5. The number of carbonyl (C=O) groups excluding carboxylic acids is 1. The van der Waals surface area contributed by atoms with Crippen molar-refractivity contribution in [2.75, 3.05) is 11.9 Å². The van der Waals surface area contributed by atoms with Crippen molar-refractivity contribution in [1.29, 1.82) is 0 Å². The van der Waals surface area contributed by atoms with Crippen LogP contribution in [0.15, 0.2) is 28.6 Å². The third-order valence-corrected chi connectivity index (χ3v) is 6.87. The summed E-state index contributed by atoms with van der Waals surface area (Å²) in [5.41, 5.74) is 1.44. The number of hydrogen-bond donors (Lipinski definition) is 2. The first-order chi connectivity index (χ1) is 12.9. The minimum absolute atomic E-state index is 0.146. The van der Waals surface area contributed by atoms with Crippen molar-refractivity contribution in [2.24, 2.45) is 5.92 Å². The maximum Gasteiger partial charge on any atom is 0.269 e. The standard InChI is InChI=1S/C18H26N4O3S2/c1-4-6-9-14(5-2)12-19-27(24,25)18-22-21-17(26-18)20-16(23)15-10-7-8-13(3)11-15/h7-8,10-11,14,19H,4-6,9,12H2,1-3H3,(H,20,21,23). The molecule has 1 aromatic carbocycles. The van der Waals surface area contributed by atoms with Gasteiger partial charge in [-0.3, -0.25) is 10.1 Å². The van der Waals surface area contributed by atoms with Crippen LogP contribution in [0.2, 0.25) is 0 Å². The van der Waals surface area contributed by atoms with Crippen LogP contribution in [0.5, 0.6) is 0 Å². The zero-order chi connectivity index (χ0) is 19.9. The van der Waals surface area contributed by atoms with Crippen LogP contribution < -0.4 is 10.0 Å². The molecule has 0 radical (unpaired) electrons. The smallest absolute Gasteiger partial charge is 0.269 e. The predicted molar refractivity (Wildman–Crippen MR) is 108 cm³/mol. The molecule has 0 saturated carbocycles. The van der Waals surface area contributed by atoms with Crippen molar-refractivity contribution >= 4 is 32.4 Å². The number of nitrogens with one attached hydrogen (secondary N) is 2.